The second-order valence-corrected chi connectivity index (χ2v) is 18.7. The fourth-order valence-electron chi connectivity index (χ4n) is 12.5. The molecule has 2 heterocycles. The summed E-state index contributed by atoms with van der Waals surface area (Å²) < 4.78 is 20.5. The Kier molecular flexibility index (Phi) is 9.32. The normalized spacial score (nSPS) is 50.0. The van der Waals surface area contributed by atoms with Gasteiger partial charge in [-0.05, 0) is 135 Å². The van der Waals surface area contributed by atoms with Crippen LogP contribution in [0.1, 0.15) is 133 Å². The predicted octanol–water partition coefficient (Wildman–Crippen LogP) is 11.2. The van der Waals surface area contributed by atoms with Crippen LogP contribution in [0.5, 0.6) is 0 Å². The largest absolute Gasteiger partial charge is 0.349 e. The van der Waals surface area contributed by atoms with E-state index >= 15 is 0 Å². The number of allylic oxidation sites excluding steroid dienone is 5. The van der Waals surface area contributed by atoms with Gasteiger partial charge in [0, 0.05) is 11.8 Å². The standard InChI is InChI=1S/C43H68O3/c1-25(2)26(3)10-11-28(5)36-18-19-37-35-17-14-31-24-32(20-22-42(31,8)38(35)21-23-43(36,37)9)45-40-30(7)34-15-12-27(4)33-16-13-29(6)44-41(46-40)39(33)34/h10-11,14,17,25-30,32-34,36-41H,12-13,15-16,18-24H2,1-9H3/b11-10+/t26-,27+,28+,29-,30+,32?,33?,34?,36?,37?,38?,39?,40?,41?,42-,43+/m0/s1. The van der Waals surface area contributed by atoms with Gasteiger partial charge in [-0.2, -0.15) is 0 Å². The minimum Gasteiger partial charge on any atom is -0.349 e. The maximum atomic E-state index is 7.03. The Morgan fingerprint density at radius 3 is 2.37 bits per heavy atom. The number of rotatable bonds is 6. The summed E-state index contributed by atoms with van der Waals surface area (Å²) in [7, 11) is 0. The van der Waals surface area contributed by atoms with E-state index in [1.165, 1.54) is 57.8 Å². The van der Waals surface area contributed by atoms with E-state index in [0.29, 0.717) is 46.8 Å². The predicted molar refractivity (Wildman–Crippen MR) is 189 cm³/mol. The molecule has 3 heteroatoms. The van der Waals surface area contributed by atoms with Crippen molar-refractivity contribution in [2.75, 3.05) is 0 Å². The molecule has 7 rings (SSSR count). The molecule has 0 amide bonds. The molecule has 0 radical (unpaired) electrons. The molecule has 5 aliphatic carbocycles. The summed E-state index contributed by atoms with van der Waals surface area (Å²) >= 11 is 0. The first-order valence-corrected chi connectivity index (χ1v) is 20.0. The van der Waals surface area contributed by atoms with E-state index in [9.17, 15) is 0 Å². The van der Waals surface area contributed by atoms with Gasteiger partial charge in [-0.25, -0.2) is 0 Å². The minimum absolute atomic E-state index is 0.0895. The van der Waals surface area contributed by atoms with Gasteiger partial charge in [-0.3, -0.25) is 0 Å². The van der Waals surface area contributed by atoms with Gasteiger partial charge in [0.15, 0.2) is 12.6 Å². The van der Waals surface area contributed by atoms with Gasteiger partial charge in [0.1, 0.15) is 0 Å². The quantitative estimate of drug-likeness (QED) is 0.273. The van der Waals surface area contributed by atoms with Crippen LogP contribution >= 0.6 is 0 Å². The fraction of sp³-hybridized carbons (Fsp3) is 0.860. The first kappa shape index (κ1) is 33.6. The molecule has 46 heavy (non-hydrogen) atoms. The van der Waals surface area contributed by atoms with Crippen molar-refractivity contribution in [1.29, 1.82) is 0 Å². The molecule has 0 spiro atoms. The van der Waals surface area contributed by atoms with E-state index in [1.54, 1.807) is 5.57 Å². The second kappa shape index (κ2) is 12.8. The van der Waals surface area contributed by atoms with E-state index in [2.05, 4.69) is 86.6 Å². The Bertz CT molecular complexity index is 1200. The third kappa shape index (κ3) is 5.67. The minimum atomic E-state index is -0.138. The SMILES string of the molecule is CC(C)[C@@H](C)/C=C/[C@@H](C)C1CCC2C3=CC=C4CC(OC5OC6O[C@@H](C)CCC7C6C(CC[C@H]7C)[C@H]5C)CC[C@]4(C)C3CC[C@@]21C. The fourth-order valence-corrected chi connectivity index (χ4v) is 12.5. The van der Waals surface area contributed by atoms with Gasteiger partial charge < -0.3 is 14.2 Å². The lowest BCUT2D eigenvalue weighted by molar-refractivity contribution is -0.343. The number of ether oxygens (including phenoxy) is 3. The van der Waals surface area contributed by atoms with E-state index < -0.39 is 0 Å². The number of fused-ring (bicyclic) bond motifs is 5. The van der Waals surface area contributed by atoms with Crippen LogP contribution in [0.4, 0.5) is 0 Å². The van der Waals surface area contributed by atoms with Crippen molar-refractivity contribution in [3.8, 4) is 0 Å². The van der Waals surface area contributed by atoms with Gasteiger partial charge >= 0.3 is 0 Å². The summed E-state index contributed by atoms with van der Waals surface area (Å²) in [5, 5.41) is 0. The Hall–Kier alpha value is -0.900. The monoisotopic (exact) mass is 633 g/mol. The van der Waals surface area contributed by atoms with Crippen molar-refractivity contribution in [3.63, 3.8) is 0 Å². The van der Waals surface area contributed by atoms with Gasteiger partial charge in [-0.1, -0.05) is 97.3 Å². The number of hydrogen-bond acceptors (Lipinski definition) is 3. The van der Waals surface area contributed by atoms with Crippen molar-refractivity contribution in [3.05, 3.63) is 35.5 Å². The van der Waals surface area contributed by atoms with Crippen molar-refractivity contribution in [2.24, 2.45) is 75.9 Å². The summed E-state index contributed by atoms with van der Waals surface area (Å²) in [4.78, 5) is 0. The van der Waals surface area contributed by atoms with Crippen molar-refractivity contribution in [2.45, 2.75) is 158 Å². The molecule has 0 aromatic rings. The number of hydrogen-bond donors (Lipinski definition) is 0. The summed E-state index contributed by atoms with van der Waals surface area (Å²) in [6, 6.07) is 0. The smallest absolute Gasteiger partial charge is 0.164 e. The average molecular weight is 633 g/mol. The third-order valence-corrected chi connectivity index (χ3v) is 16.0. The molecule has 16 atom stereocenters. The first-order chi connectivity index (χ1) is 21.9. The Morgan fingerprint density at radius 1 is 0.804 bits per heavy atom. The zero-order chi connectivity index (χ0) is 32.5. The van der Waals surface area contributed by atoms with Crippen LogP contribution in [-0.4, -0.2) is 24.8 Å². The molecule has 3 nitrogen and oxygen atoms in total. The highest BCUT2D eigenvalue weighted by molar-refractivity contribution is 5.39. The maximum absolute atomic E-state index is 7.03. The van der Waals surface area contributed by atoms with Crippen molar-refractivity contribution in [1.82, 2.24) is 0 Å². The highest BCUT2D eigenvalue weighted by atomic mass is 16.8. The summed E-state index contributed by atoms with van der Waals surface area (Å²) in [6.45, 7) is 22.0. The van der Waals surface area contributed by atoms with Gasteiger partial charge in [-0.15, -0.1) is 0 Å². The molecule has 6 fully saturated rings. The molecule has 0 aromatic carbocycles. The van der Waals surface area contributed by atoms with Crippen LogP contribution < -0.4 is 0 Å². The van der Waals surface area contributed by atoms with Gasteiger partial charge in [0.25, 0.3) is 0 Å². The Morgan fingerprint density at radius 2 is 1.59 bits per heavy atom. The molecule has 0 bridgehead atoms. The zero-order valence-electron chi connectivity index (χ0n) is 31.0. The van der Waals surface area contributed by atoms with Gasteiger partial charge in [0.05, 0.1) is 12.2 Å². The van der Waals surface area contributed by atoms with Crippen LogP contribution in [-0.2, 0) is 14.2 Å². The van der Waals surface area contributed by atoms with Crippen LogP contribution in [0.15, 0.2) is 35.5 Å². The van der Waals surface area contributed by atoms with E-state index in [1.807, 2.05) is 5.57 Å². The topological polar surface area (TPSA) is 27.7 Å². The van der Waals surface area contributed by atoms with Crippen molar-refractivity contribution >= 4 is 0 Å². The van der Waals surface area contributed by atoms with Crippen LogP contribution in [0.25, 0.3) is 0 Å². The molecule has 2 aliphatic heterocycles. The molecular weight excluding hydrogens is 564 g/mol. The summed E-state index contributed by atoms with van der Waals surface area (Å²) in [6.07, 6.45) is 24.7. The summed E-state index contributed by atoms with van der Waals surface area (Å²) in [5.74, 6) is 7.47. The molecule has 7 aliphatic rings. The molecule has 9 unspecified atom stereocenters. The van der Waals surface area contributed by atoms with E-state index in [0.717, 1.165) is 36.5 Å². The molecule has 258 valence electrons. The lowest BCUT2D eigenvalue weighted by Gasteiger charge is -2.56. The van der Waals surface area contributed by atoms with E-state index in [-0.39, 0.29) is 30.2 Å². The maximum Gasteiger partial charge on any atom is 0.164 e. The molecular formula is C43H68O3. The Labute approximate surface area is 282 Å². The van der Waals surface area contributed by atoms with Crippen molar-refractivity contribution < 1.29 is 14.2 Å². The molecule has 4 saturated carbocycles. The zero-order valence-corrected chi connectivity index (χ0v) is 31.0. The van der Waals surface area contributed by atoms with Crippen LogP contribution in [0.2, 0.25) is 0 Å². The van der Waals surface area contributed by atoms with Gasteiger partial charge in [0.2, 0.25) is 0 Å². The summed E-state index contributed by atoms with van der Waals surface area (Å²) in [5.41, 5.74) is 4.19. The second-order valence-electron chi connectivity index (χ2n) is 18.7. The molecule has 2 saturated heterocycles. The highest BCUT2D eigenvalue weighted by Gasteiger charge is 2.58. The first-order valence-electron chi connectivity index (χ1n) is 20.0. The van der Waals surface area contributed by atoms with Crippen LogP contribution in [0, 0.1) is 75.9 Å². The van der Waals surface area contributed by atoms with Crippen LogP contribution in [0.3, 0.4) is 0 Å². The lowest BCUT2D eigenvalue weighted by atomic mass is 9.50. The molecule has 0 N–H and O–H groups in total. The lowest BCUT2D eigenvalue weighted by Crippen LogP contribution is -2.54. The average Bonchev–Trinajstić information content (AvgIpc) is 3.29. The Balaban J connectivity index is 1.05. The third-order valence-electron chi connectivity index (χ3n) is 16.0. The molecule has 0 aromatic heterocycles. The van der Waals surface area contributed by atoms with E-state index in [4.69, 9.17) is 14.2 Å². The highest BCUT2D eigenvalue weighted by Crippen LogP contribution is 2.66.